The SMILES string of the molecule is COC[C@H]1OC(O)[C@H](NC(C)=O)[C@@H](O[C@@H]2O[C@H](CO)[C@H](O)[C@H](O[C@]3(C(=O)O)C[C@H](O)[C@@H](NC(C)=O)[C@H]([C@H](O)[C@H](O)CO)O3)[C@H]2O)[C@@H]1OC. The molecule has 3 rings (SSSR count). The second kappa shape index (κ2) is 17.2. The highest BCUT2D eigenvalue weighted by atomic mass is 16.8. The van der Waals surface area contributed by atoms with E-state index in [1.54, 1.807) is 0 Å². The summed E-state index contributed by atoms with van der Waals surface area (Å²) < 4.78 is 39.0. The van der Waals surface area contributed by atoms with Crippen LogP contribution in [0.5, 0.6) is 0 Å². The van der Waals surface area contributed by atoms with E-state index in [1.165, 1.54) is 14.2 Å². The number of aliphatic carboxylic acids is 1. The zero-order valence-corrected chi connectivity index (χ0v) is 26.6. The van der Waals surface area contributed by atoms with Gasteiger partial charge in [-0.1, -0.05) is 0 Å². The van der Waals surface area contributed by atoms with Crippen LogP contribution in [0.2, 0.25) is 0 Å². The third kappa shape index (κ3) is 8.75. The van der Waals surface area contributed by atoms with Gasteiger partial charge in [0.1, 0.15) is 67.1 Å². The van der Waals surface area contributed by atoms with Gasteiger partial charge < -0.3 is 89.8 Å². The van der Waals surface area contributed by atoms with Gasteiger partial charge in [0.15, 0.2) is 12.6 Å². The molecule has 0 aromatic rings. The molecule has 16 atom stereocenters. The molecule has 0 spiro atoms. The third-order valence-electron chi connectivity index (χ3n) is 8.26. The average molecular weight is 703 g/mol. The number of carbonyl (C=O) groups is 3. The van der Waals surface area contributed by atoms with E-state index < -0.39 is 135 Å². The molecule has 3 aliphatic rings. The fraction of sp³-hybridized carbons (Fsp3) is 0.889. The fourth-order valence-electron chi connectivity index (χ4n) is 5.98. The van der Waals surface area contributed by atoms with E-state index in [0.29, 0.717) is 0 Å². The third-order valence-corrected chi connectivity index (χ3v) is 8.26. The predicted octanol–water partition coefficient (Wildman–Crippen LogP) is -6.77. The lowest BCUT2D eigenvalue weighted by Gasteiger charge is -2.51. The number of carbonyl (C=O) groups excluding carboxylic acids is 2. The zero-order valence-electron chi connectivity index (χ0n) is 26.6. The molecule has 0 radical (unpaired) electrons. The van der Waals surface area contributed by atoms with Crippen molar-refractivity contribution in [2.45, 2.75) is 118 Å². The summed E-state index contributed by atoms with van der Waals surface area (Å²) in [6, 6.07) is -2.87. The fourth-order valence-corrected chi connectivity index (χ4v) is 5.98. The summed E-state index contributed by atoms with van der Waals surface area (Å²) in [4.78, 5) is 36.6. The van der Waals surface area contributed by atoms with Crippen LogP contribution < -0.4 is 10.6 Å². The topological polar surface area (TPSA) is 322 Å². The molecule has 0 aliphatic carbocycles. The van der Waals surface area contributed by atoms with E-state index in [0.717, 1.165) is 13.8 Å². The highest BCUT2D eigenvalue weighted by molar-refractivity contribution is 5.76. The summed E-state index contributed by atoms with van der Waals surface area (Å²) in [6.45, 7) is 0.103. The Balaban J connectivity index is 2.00. The van der Waals surface area contributed by atoms with Crippen LogP contribution in [-0.2, 0) is 47.5 Å². The first-order chi connectivity index (χ1) is 22.5. The Morgan fingerprint density at radius 3 is 2.04 bits per heavy atom. The number of carboxylic acid groups (broad SMARTS) is 1. The van der Waals surface area contributed by atoms with Crippen LogP contribution in [0, 0.1) is 0 Å². The van der Waals surface area contributed by atoms with Crippen molar-refractivity contribution >= 4 is 17.8 Å². The van der Waals surface area contributed by atoms with Crippen molar-refractivity contribution in [2.75, 3.05) is 34.0 Å². The predicted molar refractivity (Wildman–Crippen MR) is 151 cm³/mol. The van der Waals surface area contributed by atoms with Crippen molar-refractivity contribution in [3.63, 3.8) is 0 Å². The number of carboxylic acids is 1. The van der Waals surface area contributed by atoms with Crippen molar-refractivity contribution in [2.24, 2.45) is 0 Å². The minimum absolute atomic E-state index is 0.127. The molecule has 48 heavy (non-hydrogen) atoms. The number of aliphatic hydroxyl groups is 8. The molecule has 21 nitrogen and oxygen atoms in total. The molecule has 11 N–H and O–H groups in total. The van der Waals surface area contributed by atoms with E-state index in [9.17, 15) is 60.3 Å². The van der Waals surface area contributed by atoms with Gasteiger partial charge in [0.2, 0.25) is 11.8 Å². The summed E-state index contributed by atoms with van der Waals surface area (Å²) in [5.41, 5.74) is 0. The summed E-state index contributed by atoms with van der Waals surface area (Å²) >= 11 is 0. The van der Waals surface area contributed by atoms with Crippen LogP contribution in [0.1, 0.15) is 20.3 Å². The molecular formula is C27H46N2O19. The molecule has 3 fully saturated rings. The lowest BCUT2D eigenvalue weighted by molar-refractivity contribution is -0.381. The molecule has 3 saturated heterocycles. The van der Waals surface area contributed by atoms with Gasteiger partial charge in [-0.3, -0.25) is 9.59 Å². The summed E-state index contributed by atoms with van der Waals surface area (Å²) in [5.74, 6) is -6.30. The Bertz CT molecular complexity index is 1090. The Hall–Kier alpha value is -2.19. The lowest BCUT2D eigenvalue weighted by Crippen LogP contribution is -2.71. The first-order valence-corrected chi connectivity index (χ1v) is 15.0. The van der Waals surface area contributed by atoms with Crippen LogP contribution in [-0.4, -0.2) is 195 Å². The van der Waals surface area contributed by atoms with Gasteiger partial charge in [0.25, 0.3) is 5.79 Å². The number of methoxy groups -OCH3 is 2. The standard InChI is InChI=1S/C27H46N2O19/c1-9(32)28-15-11(34)5-27(26(40)41,47-21(15)17(36)12(35)6-30)48-23-18(37)13(7-31)45-25(19(23)38)46-22-16(29-10(2)33)24(39)44-14(8-42-3)20(22)43-4/h11-25,30-31,34-39H,5-8H2,1-4H3,(H,28,32)(H,29,33)(H,40,41)/t11-,12+,13+,14+,15+,16+,17+,18-,19+,20+,21+,22+,23-,24?,25-,27-/m0/s1. The molecule has 21 heteroatoms. The van der Waals surface area contributed by atoms with E-state index in [-0.39, 0.29) is 6.61 Å². The minimum Gasteiger partial charge on any atom is -0.477 e. The zero-order chi connectivity index (χ0) is 36.1. The second-order valence-electron chi connectivity index (χ2n) is 11.7. The van der Waals surface area contributed by atoms with Crippen molar-refractivity contribution < 1.29 is 93.5 Å². The number of hydrogen-bond acceptors (Lipinski definition) is 18. The van der Waals surface area contributed by atoms with Crippen molar-refractivity contribution in [1.82, 2.24) is 10.6 Å². The highest BCUT2D eigenvalue weighted by Gasteiger charge is 2.60. The van der Waals surface area contributed by atoms with Gasteiger partial charge in [-0.05, 0) is 0 Å². The number of ether oxygens (including phenoxy) is 7. The molecule has 1 unspecified atom stereocenters. The largest absolute Gasteiger partial charge is 0.477 e. The minimum atomic E-state index is -3.00. The lowest BCUT2D eigenvalue weighted by atomic mass is 9.88. The van der Waals surface area contributed by atoms with Gasteiger partial charge in [-0.2, -0.15) is 0 Å². The number of rotatable bonds is 14. The summed E-state index contributed by atoms with van der Waals surface area (Å²) in [7, 11) is 2.60. The quantitative estimate of drug-likeness (QED) is 0.0801. The van der Waals surface area contributed by atoms with Gasteiger partial charge in [-0.15, -0.1) is 0 Å². The van der Waals surface area contributed by atoms with Crippen molar-refractivity contribution in [3.8, 4) is 0 Å². The van der Waals surface area contributed by atoms with E-state index in [2.05, 4.69) is 10.6 Å². The molecule has 0 aromatic heterocycles. The molecule has 3 heterocycles. The normalized spacial score (nSPS) is 41.6. The van der Waals surface area contributed by atoms with Crippen molar-refractivity contribution in [1.29, 1.82) is 0 Å². The Morgan fingerprint density at radius 2 is 1.52 bits per heavy atom. The van der Waals surface area contributed by atoms with Crippen molar-refractivity contribution in [3.05, 3.63) is 0 Å². The number of hydrogen-bond donors (Lipinski definition) is 11. The van der Waals surface area contributed by atoms with E-state index in [1.807, 2.05) is 0 Å². The Morgan fingerprint density at radius 1 is 0.896 bits per heavy atom. The second-order valence-corrected chi connectivity index (χ2v) is 11.7. The molecule has 0 saturated carbocycles. The van der Waals surface area contributed by atoms with Crippen LogP contribution >= 0.6 is 0 Å². The van der Waals surface area contributed by atoms with Crippen LogP contribution in [0.25, 0.3) is 0 Å². The molecular weight excluding hydrogens is 656 g/mol. The Labute approximate surface area is 274 Å². The highest BCUT2D eigenvalue weighted by Crippen LogP contribution is 2.38. The van der Waals surface area contributed by atoms with Crippen LogP contribution in [0.15, 0.2) is 0 Å². The molecule has 2 amide bonds. The molecule has 0 bridgehead atoms. The number of aliphatic hydroxyl groups excluding tert-OH is 8. The molecule has 0 aromatic carbocycles. The Kier molecular flexibility index (Phi) is 14.4. The first kappa shape index (κ1) is 40.2. The maximum absolute atomic E-state index is 12.7. The first-order valence-electron chi connectivity index (χ1n) is 15.0. The van der Waals surface area contributed by atoms with Crippen LogP contribution in [0.3, 0.4) is 0 Å². The summed E-state index contributed by atoms with van der Waals surface area (Å²) in [5, 5.41) is 99.3. The van der Waals surface area contributed by atoms with Crippen LogP contribution in [0.4, 0.5) is 0 Å². The van der Waals surface area contributed by atoms with Gasteiger partial charge in [-0.25, -0.2) is 4.79 Å². The average Bonchev–Trinajstić information content (AvgIpc) is 3.02. The van der Waals surface area contributed by atoms with Gasteiger partial charge in [0, 0.05) is 34.5 Å². The van der Waals surface area contributed by atoms with E-state index >= 15 is 0 Å². The maximum Gasteiger partial charge on any atom is 0.364 e. The molecule has 278 valence electrons. The maximum atomic E-state index is 12.7. The molecule has 3 aliphatic heterocycles. The van der Waals surface area contributed by atoms with Gasteiger partial charge >= 0.3 is 5.97 Å². The smallest absolute Gasteiger partial charge is 0.364 e. The monoisotopic (exact) mass is 702 g/mol. The number of nitrogens with one attached hydrogen (secondary N) is 2. The van der Waals surface area contributed by atoms with E-state index in [4.69, 9.17) is 33.2 Å². The summed E-state index contributed by atoms with van der Waals surface area (Å²) in [6.07, 6.45) is -23.7. The van der Waals surface area contributed by atoms with Gasteiger partial charge in [0.05, 0.1) is 32.0 Å². The number of amides is 2.